The second-order valence-corrected chi connectivity index (χ2v) is 8.12. The fraction of sp³-hybridized carbons (Fsp3) is 0.300. The Morgan fingerprint density at radius 1 is 0.893 bits per heavy atom. The highest BCUT2D eigenvalue weighted by atomic mass is 32.2. The number of sulfonamides is 1. The molecular formula is C20H25N3O4S. The number of hydrogen-bond acceptors (Lipinski definition) is 4. The van der Waals surface area contributed by atoms with Gasteiger partial charge in [0.1, 0.15) is 0 Å². The zero-order valence-corrected chi connectivity index (χ0v) is 16.8. The Hall–Kier alpha value is -2.71. The molecular weight excluding hydrogens is 378 g/mol. The molecule has 0 saturated heterocycles. The fourth-order valence-electron chi connectivity index (χ4n) is 2.48. The highest BCUT2D eigenvalue weighted by Crippen LogP contribution is 2.15. The minimum absolute atomic E-state index is 0.145. The van der Waals surface area contributed by atoms with Crippen LogP contribution < -0.4 is 15.4 Å². The van der Waals surface area contributed by atoms with Crippen LogP contribution in [0.5, 0.6) is 0 Å². The van der Waals surface area contributed by atoms with E-state index >= 15 is 0 Å². The molecule has 0 radical (unpaired) electrons. The summed E-state index contributed by atoms with van der Waals surface area (Å²) in [5.41, 5.74) is 2.18. The summed E-state index contributed by atoms with van der Waals surface area (Å²) in [5, 5.41) is 5.45. The quantitative estimate of drug-likeness (QED) is 0.599. The Balaban J connectivity index is 1.86. The van der Waals surface area contributed by atoms with Crippen molar-refractivity contribution in [1.82, 2.24) is 4.72 Å². The Labute approximate surface area is 165 Å². The van der Waals surface area contributed by atoms with E-state index in [4.69, 9.17) is 0 Å². The van der Waals surface area contributed by atoms with E-state index in [-0.39, 0.29) is 23.1 Å². The number of aryl methyl sites for hydroxylation is 1. The molecule has 0 atom stereocenters. The summed E-state index contributed by atoms with van der Waals surface area (Å²) in [7, 11) is -3.48. The first-order valence-electron chi connectivity index (χ1n) is 9.06. The van der Waals surface area contributed by atoms with Crippen LogP contribution >= 0.6 is 0 Å². The largest absolute Gasteiger partial charge is 0.326 e. The van der Waals surface area contributed by atoms with Crippen LogP contribution in [-0.2, 0) is 26.0 Å². The Morgan fingerprint density at radius 3 is 2.00 bits per heavy atom. The molecule has 0 aromatic heterocycles. The highest BCUT2D eigenvalue weighted by molar-refractivity contribution is 7.89. The second-order valence-electron chi connectivity index (χ2n) is 6.35. The number of amides is 2. The van der Waals surface area contributed by atoms with Gasteiger partial charge < -0.3 is 10.6 Å². The van der Waals surface area contributed by atoms with Gasteiger partial charge >= 0.3 is 0 Å². The van der Waals surface area contributed by atoms with Gasteiger partial charge in [-0.05, 0) is 54.8 Å². The molecule has 0 fully saturated rings. The minimum Gasteiger partial charge on any atom is -0.326 e. The third kappa shape index (κ3) is 6.79. The van der Waals surface area contributed by atoms with E-state index in [0.29, 0.717) is 24.3 Å². The van der Waals surface area contributed by atoms with Crippen LogP contribution in [-0.4, -0.2) is 26.8 Å². The summed E-state index contributed by atoms with van der Waals surface area (Å²) in [4.78, 5) is 23.3. The number of rotatable bonds is 9. The van der Waals surface area contributed by atoms with E-state index < -0.39 is 10.0 Å². The van der Waals surface area contributed by atoms with Crippen molar-refractivity contribution in [1.29, 1.82) is 0 Å². The standard InChI is InChI=1S/C20H25N3O4S/c1-3-14-21-28(26,27)19-11-4-16(5-12-19)6-13-20(25)23-18-9-7-17(8-10-18)22-15(2)24/h4-5,7-12,21H,3,6,13-14H2,1-2H3,(H,22,24)(H,23,25). The smallest absolute Gasteiger partial charge is 0.240 e. The lowest BCUT2D eigenvalue weighted by atomic mass is 10.1. The summed E-state index contributed by atoms with van der Waals surface area (Å²) in [6, 6.07) is 13.4. The van der Waals surface area contributed by atoms with Gasteiger partial charge in [0.05, 0.1) is 4.90 Å². The Kier molecular flexibility index (Phi) is 7.71. The molecule has 0 bridgehead atoms. The SMILES string of the molecule is CCCNS(=O)(=O)c1ccc(CCC(=O)Nc2ccc(NC(C)=O)cc2)cc1. The first-order chi connectivity index (χ1) is 13.3. The summed E-state index contributed by atoms with van der Waals surface area (Å²) < 4.78 is 26.6. The molecule has 2 aromatic rings. The van der Waals surface area contributed by atoms with Crippen LogP contribution in [0.2, 0.25) is 0 Å². The fourth-order valence-corrected chi connectivity index (χ4v) is 3.61. The summed E-state index contributed by atoms with van der Waals surface area (Å²) in [6.45, 7) is 3.73. The Morgan fingerprint density at radius 2 is 1.46 bits per heavy atom. The summed E-state index contributed by atoms with van der Waals surface area (Å²) in [5.74, 6) is -0.301. The maximum absolute atomic E-state index is 12.1. The molecule has 0 aliphatic rings. The summed E-state index contributed by atoms with van der Waals surface area (Å²) in [6.07, 6.45) is 1.49. The van der Waals surface area contributed by atoms with Gasteiger partial charge in [-0.3, -0.25) is 9.59 Å². The third-order valence-electron chi connectivity index (χ3n) is 3.91. The van der Waals surface area contributed by atoms with E-state index in [1.54, 1.807) is 48.5 Å². The molecule has 8 heteroatoms. The van der Waals surface area contributed by atoms with Crippen molar-refractivity contribution in [3.63, 3.8) is 0 Å². The molecule has 7 nitrogen and oxygen atoms in total. The van der Waals surface area contributed by atoms with Crippen LogP contribution in [0.25, 0.3) is 0 Å². The van der Waals surface area contributed by atoms with Crippen molar-refractivity contribution in [2.24, 2.45) is 0 Å². The zero-order valence-electron chi connectivity index (χ0n) is 16.0. The van der Waals surface area contributed by atoms with Crippen LogP contribution in [0.15, 0.2) is 53.4 Å². The number of anilines is 2. The van der Waals surface area contributed by atoms with E-state index in [1.165, 1.54) is 6.92 Å². The molecule has 0 heterocycles. The highest BCUT2D eigenvalue weighted by Gasteiger charge is 2.12. The van der Waals surface area contributed by atoms with Crippen molar-refractivity contribution < 1.29 is 18.0 Å². The average molecular weight is 404 g/mol. The third-order valence-corrected chi connectivity index (χ3v) is 5.38. The average Bonchev–Trinajstić information content (AvgIpc) is 2.66. The zero-order chi connectivity index (χ0) is 20.6. The molecule has 2 rings (SSSR count). The number of hydrogen-bond donors (Lipinski definition) is 3. The van der Waals surface area contributed by atoms with Gasteiger partial charge in [-0.1, -0.05) is 19.1 Å². The van der Waals surface area contributed by atoms with Crippen molar-refractivity contribution >= 4 is 33.2 Å². The molecule has 0 unspecified atom stereocenters. The van der Waals surface area contributed by atoms with Gasteiger partial charge in [-0.15, -0.1) is 0 Å². The van der Waals surface area contributed by atoms with Gasteiger partial charge in [0.25, 0.3) is 0 Å². The minimum atomic E-state index is -3.48. The predicted molar refractivity (Wildman–Crippen MR) is 110 cm³/mol. The van der Waals surface area contributed by atoms with Gasteiger partial charge in [0.15, 0.2) is 0 Å². The molecule has 0 saturated carbocycles. The number of nitrogens with one attached hydrogen (secondary N) is 3. The van der Waals surface area contributed by atoms with Crippen LogP contribution in [0.1, 0.15) is 32.3 Å². The predicted octanol–water partition coefficient (Wildman–Crippen LogP) is 2.90. The molecule has 150 valence electrons. The van der Waals surface area contributed by atoms with Gasteiger partial charge in [-0.25, -0.2) is 13.1 Å². The topological polar surface area (TPSA) is 104 Å². The van der Waals surface area contributed by atoms with Crippen molar-refractivity contribution in [2.45, 2.75) is 38.0 Å². The number of carbonyl (C=O) groups is 2. The molecule has 3 N–H and O–H groups in total. The van der Waals surface area contributed by atoms with Crippen LogP contribution in [0.4, 0.5) is 11.4 Å². The molecule has 0 aliphatic carbocycles. The molecule has 0 aliphatic heterocycles. The van der Waals surface area contributed by atoms with E-state index in [9.17, 15) is 18.0 Å². The van der Waals surface area contributed by atoms with Crippen molar-refractivity contribution in [2.75, 3.05) is 17.2 Å². The van der Waals surface area contributed by atoms with E-state index in [2.05, 4.69) is 15.4 Å². The normalized spacial score (nSPS) is 11.1. The first-order valence-corrected chi connectivity index (χ1v) is 10.5. The van der Waals surface area contributed by atoms with Crippen molar-refractivity contribution in [3.05, 3.63) is 54.1 Å². The van der Waals surface area contributed by atoms with E-state index in [0.717, 1.165) is 12.0 Å². The summed E-state index contributed by atoms with van der Waals surface area (Å²) >= 11 is 0. The lowest BCUT2D eigenvalue weighted by Crippen LogP contribution is -2.24. The van der Waals surface area contributed by atoms with Gasteiger partial charge in [0, 0.05) is 31.3 Å². The number of benzene rings is 2. The maximum Gasteiger partial charge on any atom is 0.240 e. The van der Waals surface area contributed by atoms with Gasteiger partial charge in [-0.2, -0.15) is 0 Å². The van der Waals surface area contributed by atoms with E-state index in [1.807, 2.05) is 6.92 Å². The molecule has 2 amide bonds. The molecule has 0 spiro atoms. The first kappa shape index (κ1) is 21.6. The maximum atomic E-state index is 12.1. The van der Waals surface area contributed by atoms with Gasteiger partial charge in [0.2, 0.25) is 21.8 Å². The molecule has 2 aromatic carbocycles. The second kappa shape index (κ2) is 10.0. The number of carbonyl (C=O) groups excluding carboxylic acids is 2. The van der Waals surface area contributed by atoms with Crippen LogP contribution in [0.3, 0.4) is 0 Å². The molecule has 28 heavy (non-hydrogen) atoms. The lowest BCUT2D eigenvalue weighted by molar-refractivity contribution is -0.116. The van der Waals surface area contributed by atoms with Crippen molar-refractivity contribution in [3.8, 4) is 0 Å². The monoisotopic (exact) mass is 403 g/mol. The lowest BCUT2D eigenvalue weighted by Gasteiger charge is -2.08. The Bertz CT molecular complexity index is 907. The van der Waals surface area contributed by atoms with Crippen LogP contribution in [0, 0.1) is 0 Å².